The van der Waals surface area contributed by atoms with Gasteiger partial charge in [0.25, 0.3) is 0 Å². The summed E-state index contributed by atoms with van der Waals surface area (Å²) in [4.78, 5) is 23.4. The molecule has 2 aromatic rings. The first-order valence-corrected chi connectivity index (χ1v) is 9.89. The van der Waals surface area contributed by atoms with Gasteiger partial charge in [-0.05, 0) is 42.3 Å². The molecule has 0 spiro atoms. The van der Waals surface area contributed by atoms with Crippen LogP contribution in [0.25, 0.3) is 0 Å². The first kappa shape index (κ1) is 20.6. The van der Waals surface area contributed by atoms with Gasteiger partial charge in [0.2, 0.25) is 21.8 Å². The standard InChI is InChI=1S/C19H23N3O4S/c1-4-15-7-5-6-8-18(15)21-19(24)13-22(3)27(25,26)17-11-9-16(10-12-17)20-14(2)23/h5-12H,4,13H2,1-3H3,(H,20,23)(H,21,24). The number of nitrogens with zero attached hydrogens (tertiary/aromatic N) is 1. The average molecular weight is 389 g/mol. The van der Waals surface area contributed by atoms with E-state index in [9.17, 15) is 18.0 Å². The number of carbonyl (C=O) groups is 2. The van der Waals surface area contributed by atoms with Gasteiger partial charge in [0.1, 0.15) is 0 Å². The molecule has 2 N–H and O–H groups in total. The molecule has 7 nitrogen and oxygen atoms in total. The van der Waals surface area contributed by atoms with Gasteiger partial charge >= 0.3 is 0 Å². The van der Waals surface area contributed by atoms with Crippen molar-refractivity contribution in [2.75, 3.05) is 24.2 Å². The lowest BCUT2D eigenvalue weighted by molar-refractivity contribution is -0.116. The molecular formula is C19H23N3O4S. The summed E-state index contributed by atoms with van der Waals surface area (Å²) in [5.74, 6) is -0.663. The molecular weight excluding hydrogens is 366 g/mol. The second-order valence-corrected chi connectivity index (χ2v) is 8.07. The van der Waals surface area contributed by atoms with Gasteiger partial charge in [-0.2, -0.15) is 4.31 Å². The van der Waals surface area contributed by atoms with Crippen LogP contribution in [0, 0.1) is 0 Å². The molecule has 0 heterocycles. The number of benzene rings is 2. The van der Waals surface area contributed by atoms with Crippen molar-refractivity contribution in [3.63, 3.8) is 0 Å². The topological polar surface area (TPSA) is 95.6 Å². The summed E-state index contributed by atoms with van der Waals surface area (Å²) in [6, 6.07) is 13.2. The number of amides is 2. The van der Waals surface area contributed by atoms with E-state index >= 15 is 0 Å². The predicted octanol–water partition coefficient (Wildman–Crippen LogP) is 2.47. The molecule has 144 valence electrons. The number of para-hydroxylation sites is 1. The van der Waals surface area contributed by atoms with Crippen LogP contribution in [0.1, 0.15) is 19.4 Å². The Morgan fingerprint density at radius 1 is 1.00 bits per heavy atom. The number of likely N-dealkylation sites (N-methyl/N-ethyl adjacent to an activating group) is 1. The van der Waals surface area contributed by atoms with Crippen molar-refractivity contribution < 1.29 is 18.0 Å². The molecule has 0 fully saturated rings. The van der Waals surface area contributed by atoms with Gasteiger partial charge in [-0.25, -0.2) is 8.42 Å². The molecule has 0 aliphatic carbocycles. The Labute approximate surface area is 159 Å². The highest BCUT2D eigenvalue weighted by atomic mass is 32.2. The summed E-state index contributed by atoms with van der Waals surface area (Å²) in [6.45, 7) is 3.04. The molecule has 0 saturated carbocycles. The lowest BCUT2D eigenvalue weighted by Crippen LogP contribution is -2.35. The summed E-state index contributed by atoms with van der Waals surface area (Å²) in [6.07, 6.45) is 0.755. The van der Waals surface area contributed by atoms with Gasteiger partial charge in [0.05, 0.1) is 11.4 Å². The SMILES string of the molecule is CCc1ccccc1NC(=O)CN(C)S(=O)(=O)c1ccc(NC(C)=O)cc1. The van der Waals surface area contributed by atoms with E-state index in [1.807, 2.05) is 25.1 Å². The quantitative estimate of drug-likeness (QED) is 0.760. The fourth-order valence-electron chi connectivity index (χ4n) is 2.52. The molecule has 2 amide bonds. The third-order valence-corrected chi connectivity index (χ3v) is 5.74. The molecule has 0 aliphatic heterocycles. The maximum atomic E-state index is 12.6. The smallest absolute Gasteiger partial charge is 0.243 e. The van der Waals surface area contributed by atoms with Gasteiger partial charge in [-0.15, -0.1) is 0 Å². The van der Waals surface area contributed by atoms with Crippen LogP contribution >= 0.6 is 0 Å². The van der Waals surface area contributed by atoms with Crippen molar-refractivity contribution in [1.29, 1.82) is 0 Å². The molecule has 8 heteroatoms. The highest BCUT2D eigenvalue weighted by Gasteiger charge is 2.23. The number of sulfonamides is 1. The predicted molar refractivity (Wildman–Crippen MR) is 105 cm³/mol. The molecule has 0 atom stereocenters. The molecule has 0 bridgehead atoms. The number of hydrogen-bond acceptors (Lipinski definition) is 4. The van der Waals surface area contributed by atoms with Crippen LogP contribution in [0.4, 0.5) is 11.4 Å². The van der Waals surface area contributed by atoms with E-state index in [0.717, 1.165) is 16.3 Å². The molecule has 0 unspecified atom stereocenters. The van der Waals surface area contributed by atoms with Crippen LogP contribution in [-0.4, -0.2) is 38.1 Å². The van der Waals surface area contributed by atoms with Crippen molar-refractivity contribution in [3.8, 4) is 0 Å². The Balaban J connectivity index is 2.08. The van der Waals surface area contributed by atoms with Crippen LogP contribution in [0.3, 0.4) is 0 Å². The first-order chi connectivity index (χ1) is 12.7. The highest BCUT2D eigenvalue weighted by Crippen LogP contribution is 2.18. The molecule has 27 heavy (non-hydrogen) atoms. The lowest BCUT2D eigenvalue weighted by atomic mass is 10.1. The number of nitrogens with one attached hydrogen (secondary N) is 2. The van der Waals surface area contributed by atoms with Gasteiger partial charge < -0.3 is 10.6 Å². The van der Waals surface area contributed by atoms with Crippen molar-refractivity contribution in [2.24, 2.45) is 0 Å². The number of carbonyl (C=O) groups excluding carboxylic acids is 2. The summed E-state index contributed by atoms with van der Waals surface area (Å²) in [5.41, 5.74) is 2.15. The summed E-state index contributed by atoms with van der Waals surface area (Å²) >= 11 is 0. The van der Waals surface area contributed by atoms with Crippen molar-refractivity contribution in [2.45, 2.75) is 25.2 Å². The normalized spacial score (nSPS) is 11.3. The lowest BCUT2D eigenvalue weighted by Gasteiger charge is -2.18. The summed E-state index contributed by atoms with van der Waals surface area (Å²) in [5, 5.41) is 5.33. The Bertz CT molecular complexity index is 924. The second kappa shape index (κ2) is 8.79. The fraction of sp³-hybridized carbons (Fsp3) is 0.263. The maximum Gasteiger partial charge on any atom is 0.243 e. The maximum absolute atomic E-state index is 12.6. The molecule has 0 saturated heterocycles. The van der Waals surface area contributed by atoms with E-state index in [2.05, 4.69) is 10.6 Å². The van der Waals surface area contributed by atoms with Crippen LogP contribution in [0.5, 0.6) is 0 Å². The van der Waals surface area contributed by atoms with Gasteiger partial charge in [0.15, 0.2) is 0 Å². The number of aryl methyl sites for hydroxylation is 1. The van der Waals surface area contributed by atoms with Gasteiger partial charge in [-0.1, -0.05) is 25.1 Å². The number of rotatable bonds is 7. The Hall–Kier alpha value is -2.71. The molecule has 0 radical (unpaired) electrons. The van der Waals surface area contributed by atoms with E-state index in [0.29, 0.717) is 11.4 Å². The molecule has 2 aromatic carbocycles. The zero-order valence-corrected chi connectivity index (χ0v) is 16.3. The van der Waals surface area contributed by atoms with Crippen molar-refractivity contribution in [3.05, 3.63) is 54.1 Å². The fourth-order valence-corrected chi connectivity index (χ4v) is 3.65. The monoisotopic (exact) mass is 389 g/mol. The van der Waals surface area contributed by atoms with E-state index in [-0.39, 0.29) is 17.3 Å². The minimum absolute atomic E-state index is 0.0425. The zero-order chi connectivity index (χ0) is 20.0. The zero-order valence-electron chi connectivity index (χ0n) is 15.5. The Morgan fingerprint density at radius 2 is 1.63 bits per heavy atom. The van der Waals surface area contributed by atoms with Crippen LogP contribution in [0.2, 0.25) is 0 Å². The Morgan fingerprint density at radius 3 is 2.22 bits per heavy atom. The second-order valence-electron chi connectivity index (χ2n) is 6.03. The molecule has 0 aliphatic rings. The first-order valence-electron chi connectivity index (χ1n) is 8.45. The van der Waals surface area contributed by atoms with Crippen LogP contribution in [0.15, 0.2) is 53.4 Å². The van der Waals surface area contributed by atoms with Gasteiger partial charge in [0, 0.05) is 25.3 Å². The summed E-state index contributed by atoms with van der Waals surface area (Å²) in [7, 11) is -2.48. The third kappa shape index (κ3) is 5.38. The Kier molecular flexibility index (Phi) is 6.70. The molecule has 2 rings (SSSR count). The molecule has 0 aromatic heterocycles. The number of hydrogen-bond donors (Lipinski definition) is 2. The average Bonchev–Trinajstić information content (AvgIpc) is 2.62. The minimum atomic E-state index is -3.83. The largest absolute Gasteiger partial charge is 0.326 e. The van der Waals surface area contributed by atoms with Crippen LogP contribution in [-0.2, 0) is 26.0 Å². The summed E-state index contributed by atoms with van der Waals surface area (Å²) < 4.78 is 26.3. The van der Waals surface area contributed by atoms with Crippen molar-refractivity contribution in [1.82, 2.24) is 4.31 Å². The van der Waals surface area contributed by atoms with Crippen LogP contribution < -0.4 is 10.6 Å². The van der Waals surface area contributed by atoms with E-state index in [4.69, 9.17) is 0 Å². The number of anilines is 2. The van der Waals surface area contributed by atoms with Crippen molar-refractivity contribution >= 4 is 33.2 Å². The van der Waals surface area contributed by atoms with E-state index in [1.54, 1.807) is 6.07 Å². The van der Waals surface area contributed by atoms with E-state index < -0.39 is 15.9 Å². The minimum Gasteiger partial charge on any atom is -0.326 e. The third-order valence-electron chi connectivity index (χ3n) is 3.92. The van der Waals surface area contributed by atoms with Gasteiger partial charge in [-0.3, -0.25) is 9.59 Å². The van der Waals surface area contributed by atoms with E-state index in [1.165, 1.54) is 38.2 Å². The highest BCUT2D eigenvalue weighted by molar-refractivity contribution is 7.89.